The van der Waals surface area contributed by atoms with Crippen molar-refractivity contribution in [3.63, 3.8) is 0 Å². The molecule has 1 aliphatic heterocycles. The van der Waals surface area contributed by atoms with Crippen molar-refractivity contribution in [3.05, 3.63) is 0 Å². The average Bonchev–Trinajstić information content (AvgIpc) is 2.45. The molecule has 82 valence electrons. The van der Waals surface area contributed by atoms with Gasteiger partial charge in [-0.05, 0) is 0 Å². The molecule has 0 spiro atoms. The van der Waals surface area contributed by atoms with Gasteiger partial charge in [-0.25, -0.2) is 4.39 Å². The number of hydrogen-bond acceptors (Lipinski definition) is 5. The first-order valence-corrected chi connectivity index (χ1v) is 4.51. The van der Waals surface area contributed by atoms with Gasteiger partial charge in [0.15, 0.2) is 12.0 Å². The molecule has 5 nitrogen and oxygen atoms in total. The Morgan fingerprint density at radius 2 is 2.00 bits per heavy atom. The Bertz CT molecular complexity index is 339. The second-order valence-electron chi connectivity index (χ2n) is 3.64. The predicted molar refractivity (Wildman–Crippen MR) is 43.4 cm³/mol. The van der Waals surface area contributed by atoms with E-state index in [0.717, 1.165) is 0 Å². The van der Waals surface area contributed by atoms with E-state index in [1.165, 1.54) is 7.11 Å². The van der Waals surface area contributed by atoms with E-state index in [1.54, 1.807) is 0 Å². The van der Waals surface area contributed by atoms with E-state index < -0.39 is 41.8 Å². The molecule has 2 rings (SSSR count). The van der Waals surface area contributed by atoms with Gasteiger partial charge in [0.25, 0.3) is 0 Å². The Morgan fingerprint density at radius 1 is 1.33 bits per heavy atom. The van der Waals surface area contributed by atoms with Crippen LogP contribution in [0.15, 0.2) is 0 Å². The topological polar surface area (TPSA) is 69.7 Å². The quantitative estimate of drug-likeness (QED) is 0.441. The van der Waals surface area contributed by atoms with Crippen molar-refractivity contribution in [1.29, 1.82) is 0 Å². The van der Waals surface area contributed by atoms with Crippen LogP contribution in [0.1, 0.15) is 6.42 Å². The summed E-state index contributed by atoms with van der Waals surface area (Å²) in [5, 5.41) is 0. The van der Waals surface area contributed by atoms with Crippen LogP contribution in [0.4, 0.5) is 4.39 Å². The number of carbonyl (C=O) groups excluding carboxylic acids is 3. The van der Waals surface area contributed by atoms with E-state index >= 15 is 0 Å². The minimum Gasteiger partial charge on any atom is -0.393 e. The minimum atomic E-state index is -1.85. The molecule has 0 amide bonds. The highest BCUT2D eigenvalue weighted by Crippen LogP contribution is 2.37. The van der Waals surface area contributed by atoms with E-state index in [9.17, 15) is 18.8 Å². The molecule has 15 heavy (non-hydrogen) atoms. The lowest BCUT2D eigenvalue weighted by atomic mass is 9.77. The SMILES string of the molecule is COC1C(F)C(=O)CC2C(=O)OC(=O)C21. The molecule has 0 aromatic rings. The van der Waals surface area contributed by atoms with Crippen molar-refractivity contribution in [1.82, 2.24) is 0 Å². The summed E-state index contributed by atoms with van der Waals surface area (Å²) >= 11 is 0. The van der Waals surface area contributed by atoms with Crippen LogP contribution in [0, 0.1) is 11.8 Å². The predicted octanol–water partition coefficient (Wildman–Crippen LogP) is -0.372. The number of methoxy groups -OCH3 is 1. The number of hydrogen-bond donors (Lipinski definition) is 0. The third-order valence-corrected chi connectivity index (χ3v) is 2.85. The zero-order valence-corrected chi connectivity index (χ0v) is 7.94. The van der Waals surface area contributed by atoms with E-state index in [4.69, 9.17) is 4.74 Å². The number of cyclic esters (lactones) is 2. The van der Waals surface area contributed by atoms with E-state index in [2.05, 4.69) is 4.74 Å². The fraction of sp³-hybridized carbons (Fsp3) is 0.667. The minimum absolute atomic E-state index is 0.281. The van der Waals surface area contributed by atoms with Crippen LogP contribution < -0.4 is 0 Å². The fourth-order valence-electron chi connectivity index (χ4n) is 2.09. The average molecular weight is 216 g/mol. The Labute approximate surface area is 84.5 Å². The molecule has 4 atom stereocenters. The summed E-state index contributed by atoms with van der Waals surface area (Å²) in [5.41, 5.74) is 0. The second-order valence-corrected chi connectivity index (χ2v) is 3.64. The lowest BCUT2D eigenvalue weighted by Gasteiger charge is -2.29. The normalized spacial score (nSPS) is 40.3. The molecular weight excluding hydrogens is 207 g/mol. The van der Waals surface area contributed by atoms with Crippen LogP contribution in [0.2, 0.25) is 0 Å². The maximum atomic E-state index is 13.4. The van der Waals surface area contributed by atoms with Crippen LogP contribution in [0.5, 0.6) is 0 Å². The summed E-state index contributed by atoms with van der Waals surface area (Å²) in [5.74, 6) is -4.12. The van der Waals surface area contributed by atoms with Gasteiger partial charge >= 0.3 is 11.9 Å². The highest BCUT2D eigenvalue weighted by Gasteiger charge is 2.56. The van der Waals surface area contributed by atoms with Crippen LogP contribution in [-0.4, -0.2) is 37.1 Å². The van der Waals surface area contributed by atoms with Gasteiger partial charge in [-0.3, -0.25) is 14.4 Å². The molecule has 0 N–H and O–H groups in total. The largest absolute Gasteiger partial charge is 0.393 e. The third kappa shape index (κ3) is 1.36. The van der Waals surface area contributed by atoms with Crippen LogP contribution in [0.3, 0.4) is 0 Å². The first kappa shape index (κ1) is 10.2. The van der Waals surface area contributed by atoms with Crippen molar-refractivity contribution >= 4 is 17.7 Å². The van der Waals surface area contributed by atoms with Gasteiger partial charge in [-0.2, -0.15) is 0 Å². The Balaban J connectivity index is 2.33. The lowest BCUT2D eigenvalue weighted by molar-refractivity contribution is -0.155. The van der Waals surface area contributed by atoms with Crippen molar-refractivity contribution in [2.45, 2.75) is 18.7 Å². The molecule has 0 radical (unpaired) electrons. The monoisotopic (exact) mass is 216 g/mol. The first-order valence-electron chi connectivity index (χ1n) is 4.51. The van der Waals surface area contributed by atoms with Crippen molar-refractivity contribution in [3.8, 4) is 0 Å². The summed E-state index contributed by atoms with van der Waals surface area (Å²) in [6.07, 6.45) is -3.33. The number of rotatable bonds is 1. The first-order chi connectivity index (χ1) is 7.06. The fourth-order valence-corrected chi connectivity index (χ4v) is 2.09. The second kappa shape index (κ2) is 3.37. The maximum absolute atomic E-state index is 13.4. The van der Waals surface area contributed by atoms with Crippen LogP contribution >= 0.6 is 0 Å². The van der Waals surface area contributed by atoms with Crippen molar-refractivity contribution in [2.75, 3.05) is 7.11 Å². The highest BCUT2D eigenvalue weighted by atomic mass is 19.1. The zero-order valence-electron chi connectivity index (χ0n) is 7.94. The number of esters is 2. The molecule has 0 aromatic carbocycles. The van der Waals surface area contributed by atoms with Gasteiger partial charge in [0, 0.05) is 13.5 Å². The van der Waals surface area contributed by atoms with Crippen LogP contribution in [-0.2, 0) is 23.9 Å². The highest BCUT2D eigenvalue weighted by molar-refractivity contribution is 6.02. The summed E-state index contributed by atoms with van der Waals surface area (Å²) in [7, 11) is 1.20. The number of ether oxygens (including phenoxy) is 2. The van der Waals surface area contributed by atoms with E-state index in [-0.39, 0.29) is 6.42 Å². The van der Waals surface area contributed by atoms with E-state index in [0.29, 0.717) is 0 Å². The number of carbonyl (C=O) groups is 3. The molecule has 1 aliphatic carbocycles. The zero-order chi connectivity index (χ0) is 11.2. The number of alkyl halides is 1. The lowest BCUT2D eigenvalue weighted by Crippen LogP contribution is -2.48. The number of Topliss-reactive ketones (excluding diaryl/α,β-unsaturated/α-hetero) is 1. The molecule has 1 heterocycles. The van der Waals surface area contributed by atoms with E-state index in [1.807, 2.05) is 0 Å². The molecule has 4 unspecified atom stereocenters. The van der Waals surface area contributed by atoms with Crippen LogP contribution in [0.25, 0.3) is 0 Å². The molecule has 1 saturated carbocycles. The Morgan fingerprint density at radius 3 is 2.60 bits per heavy atom. The number of ketones is 1. The smallest absolute Gasteiger partial charge is 0.320 e. The third-order valence-electron chi connectivity index (χ3n) is 2.85. The molecule has 2 fully saturated rings. The molecule has 0 aromatic heterocycles. The molecule has 1 saturated heterocycles. The van der Waals surface area contributed by atoms with Gasteiger partial charge < -0.3 is 9.47 Å². The summed E-state index contributed by atoms with van der Waals surface area (Å²) in [4.78, 5) is 33.6. The van der Waals surface area contributed by atoms with Gasteiger partial charge in [0.05, 0.1) is 5.92 Å². The summed E-state index contributed by atoms with van der Waals surface area (Å²) in [6.45, 7) is 0. The molecule has 2 aliphatic rings. The summed E-state index contributed by atoms with van der Waals surface area (Å²) < 4.78 is 22.5. The molecular formula is C9H9FO5. The van der Waals surface area contributed by atoms with Gasteiger partial charge in [0.1, 0.15) is 12.0 Å². The van der Waals surface area contributed by atoms with Crippen molar-refractivity contribution in [2.24, 2.45) is 11.8 Å². The standard InChI is InChI=1S/C9H9FO5/c1-14-7-5-3(2-4(11)6(7)10)8(12)15-9(5)13/h3,5-7H,2H2,1H3. The molecule has 0 bridgehead atoms. The van der Waals surface area contributed by atoms with Gasteiger partial charge in [-0.15, -0.1) is 0 Å². The number of halogens is 1. The summed E-state index contributed by atoms with van der Waals surface area (Å²) in [6, 6.07) is 0. The Kier molecular flexibility index (Phi) is 2.30. The van der Waals surface area contributed by atoms with Gasteiger partial charge in [0.2, 0.25) is 0 Å². The molecule has 6 heteroatoms. The van der Waals surface area contributed by atoms with Gasteiger partial charge in [-0.1, -0.05) is 0 Å². The Hall–Kier alpha value is -1.30. The maximum Gasteiger partial charge on any atom is 0.320 e. The number of fused-ring (bicyclic) bond motifs is 1. The van der Waals surface area contributed by atoms with Crippen molar-refractivity contribution < 1.29 is 28.2 Å².